The molecule has 6 nitrogen and oxygen atoms in total. The molecule has 0 aliphatic carbocycles. The van der Waals surface area contributed by atoms with E-state index in [1.807, 2.05) is 0 Å². The smallest absolute Gasteiger partial charge is 0.214 e. The lowest BCUT2D eigenvalue weighted by molar-refractivity contribution is 0.0576. The van der Waals surface area contributed by atoms with Crippen LogP contribution in [0.15, 0.2) is 0 Å². The van der Waals surface area contributed by atoms with Crippen LogP contribution in [0.25, 0.3) is 0 Å². The van der Waals surface area contributed by atoms with Gasteiger partial charge in [0.1, 0.15) is 0 Å². The molecule has 1 fully saturated rings. The minimum Gasteiger partial charge on any atom is -0.384 e. The van der Waals surface area contributed by atoms with Gasteiger partial charge in [-0.3, -0.25) is 0 Å². The van der Waals surface area contributed by atoms with Gasteiger partial charge in [0.05, 0.1) is 18.5 Å². The van der Waals surface area contributed by atoms with E-state index in [4.69, 9.17) is 9.47 Å². The van der Waals surface area contributed by atoms with Gasteiger partial charge in [-0.25, -0.2) is 13.1 Å². The summed E-state index contributed by atoms with van der Waals surface area (Å²) in [5, 5.41) is 3.28. The van der Waals surface area contributed by atoms with Crippen molar-refractivity contribution in [1.82, 2.24) is 10.0 Å². The van der Waals surface area contributed by atoms with E-state index in [0.717, 1.165) is 25.9 Å². The van der Waals surface area contributed by atoms with Crippen molar-refractivity contribution < 1.29 is 17.9 Å². The fourth-order valence-electron chi connectivity index (χ4n) is 2.33. The molecule has 8 heteroatoms. The summed E-state index contributed by atoms with van der Waals surface area (Å²) >= 11 is 0. The van der Waals surface area contributed by atoms with E-state index in [1.165, 1.54) is 7.11 Å². The first kappa shape index (κ1) is 20.1. The third-order valence-electron chi connectivity index (χ3n) is 3.64. The quantitative estimate of drug-likeness (QED) is 0.673. The van der Waals surface area contributed by atoms with Crippen LogP contribution < -0.4 is 10.0 Å². The van der Waals surface area contributed by atoms with Crippen LogP contribution in [0.5, 0.6) is 0 Å². The Morgan fingerprint density at radius 1 is 1.30 bits per heavy atom. The molecule has 0 saturated carbocycles. The summed E-state index contributed by atoms with van der Waals surface area (Å²) in [5.41, 5.74) is -0.0939. The van der Waals surface area contributed by atoms with Crippen molar-refractivity contribution in [3.05, 3.63) is 0 Å². The van der Waals surface area contributed by atoms with Gasteiger partial charge in [-0.2, -0.15) is 0 Å². The molecule has 122 valence electrons. The lowest BCUT2D eigenvalue weighted by atomic mass is 9.80. The van der Waals surface area contributed by atoms with Crippen molar-refractivity contribution in [2.45, 2.75) is 25.9 Å². The summed E-state index contributed by atoms with van der Waals surface area (Å²) in [6.07, 6.45) is 1.54. The number of halogens is 1. The highest BCUT2D eigenvalue weighted by Gasteiger charge is 2.33. The molecule has 0 amide bonds. The fourth-order valence-corrected chi connectivity index (χ4v) is 3.73. The number of methoxy groups -OCH3 is 2. The highest BCUT2D eigenvalue weighted by atomic mass is 35.5. The predicted molar refractivity (Wildman–Crippen MR) is 81.9 cm³/mol. The number of ether oxygens (including phenoxy) is 2. The van der Waals surface area contributed by atoms with E-state index in [0.29, 0.717) is 13.2 Å². The average molecular weight is 331 g/mol. The molecule has 1 heterocycles. The van der Waals surface area contributed by atoms with Gasteiger partial charge in [-0.15, -0.1) is 12.4 Å². The minimum atomic E-state index is -3.30. The minimum absolute atomic E-state index is 0. The van der Waals surface area contributed by atoms with Crippen LogP contribution in [-0.2, 0) is 19.5 Å². The average Bonchev–Trinajstić information content (AvgIpc) is 2.38. The van der Waals surface area contributed by atoms with Gasteiger partial charge >= 0.3 is 0 Å². The van der Waals surface area contributed by atoms with Crippen LogP contribution >= 0.6 is 12.4 Å². The molecule has 1 saturated heterocycles. The highest BCUT2D eigenvalue weighted by molar-refractivity contribution is 7.89. The van der Waals surface area contributed by atoms with Crippen LogP contribution in [-0.4, -0.2) is 60.7 Å². The first-order chi connectivity index (χ1) is 8.93. The summed E-state index contributed by atoms with van der Waals surface area (Å²) in [7, 11) is -0.128. The molecule has 20 heavy (non-hydrogen) atoms. The summed E-state index contributed by atoms with van der Waals surface area (Å²) in [6.45, 7) is 4.56. The third kappa shape index (κ3) is 6.69. The Bertz CT molecular complexity index is 353. The van der Waals surface area contributed by atoms with Crippen LogP contribution in [0.4, 0.5) is 0 Å². The van der Waals surface area contributed by atoms with Gasteiger partial charge in [-0.1, -0.05) is 0 Å². The maximum Gasteiger partial charge on any atom is 0.214 e. The maximum absolute atomic E-state index is 11.9. The lowest BCUT2D eigenvalue weighted by Crippen LogP contribution is -2.48. The molecular formula is C12H27ClN2O4S. The van der Waals surface area contributed by atoms with E-state index in [-0.39, 0.29) is 29.7 Å². The lowest BCUT2D eigenvalue weighted by Gasteiger charge is -2.37. The Labute approximate surface area is 128 Å². The van der Waals surface area contributed by atoms with E-state index in [1.54, 1.807) is 14.0 Å². The molecule has 1 rings (SSSR count). The Hall–Kier alpha value is 0.0800. The van der Waals surface area contributed by atoms with E-state index >= 15 is 0 Å². The summed E-state index contributed by atoms with van der Waals surface area (Å²) in [6, 6.07) is 0. The Morgan fingerprint density at radius 2 is 1.90 bits per heavy atom. The highest BCUT2D eigenvalue weighted by Crippen LogP contribution is 2.28. The van der Waals surface area contributed by atoms with E-state index < -0.39 is 10.0 Å². The van der Waals surface area contributed by atoms with Crippen molar-refractivity contribution in [2.75, 3.05) is 46.2 Å². The number of piperidine rings is 1. The fraction of sp³-hybridized carbons (Fsp3) is 1.00. The number of sulfonamides is 1. The summed E-state index contributed by atoms with van der Waals surface area (Å²) in [4.78, 5) is 0. The zero-order valence-electron chi connectivity index (χ0n) is 12.5. The zero-order valence-corrected chi connectivity index (χ0v) is 14.1. The predicted octanol–water partition coefficient (Wildman–Crippen LogP) is 0.379. The second kappa shape index (κ2) is 9.17. The summed E-state index contributed by atoms with van der Waals surface area (Å²) in [5.74, 6) is -0.00911. The molecule has 1 aliphatic heterocycles. The Kier molecular flexibility index (Phi) is 9.21. The summed E-state index contributed by atoms with van der Waals surface area (Å²) < 4.78 is 36.8. The van der Waals surface area contributed by atoms with Gasteiger partial charge in [0.25, 0.3) is 0 Å². The van der Waals surface area contributed by atoms with Gasteiger partial charge in [0.15, 0.2) is 0 Å². The van der Waals surface area contributed by atoms with Gasteiger partial charge in [0, 0.05) is 26.2 Å². The molecule has 0 bridgehead atoms. The molecule has 0 aromatic heterocycles. The van der Waals surface area contributed by atoms with Crippen molar-refractivity contribution in [3.63, 3.8) is 0 Å². The maximum atomic E-state index is 11.9. The number of hydrogen-bond acceptors (Lipinski definition) is 5. The first-order valence-electron chi connectivity index (χ1n) is 6.63. The van der Waals surface area contributed by atoms with Crippen LogP contribution in [0.3, 0.4) is 0 Å². The van der Waals surface area contributed by atoms with Crippen molar-refractivity contribution in [1.29, 1.82) is 0 Å². The van der Waals surface area contributed by atoms with Crippen molar-refractivity contribution in [2.24, 2.45) is 5.41 Å². The molecular weight excluding hydrogens is 304 g/mol. The first-order valence-corrected chi connectivity index (χ1v) is 8.28. The Morgan fingerprint density at radius 3 is 2.40 bits per heavy atom. The molecule has 0 aromatic rings. The standard InChI is InChI=1S/C12H26N2O4S.ClH/c1-11(18-3)8-19(15,16)14-9-12(10-17-2)4-6-13-7-5-12;/h11,13-14H,4-10H2,1-3H3;1H. The SMILES string of the molecule is COCC1(CNS(=O)(=O)CC(C)OC)CCNCC1.Cl. The van der Waals surface area contributed by atoms with Gasteiger partial charge in [0.2, 0.25) is 10.0 Å². The largest absolute Gasteiger partial charge is 0.384 e. The molecule has 0 radical (unpaired) electrons. The normalized spacial score (nSPS) is 20.1. The molecule has 1 unspecified atom stereocenters. The number of rotatable bonds is 8. The van der Waals surface area contributed by atoms with Gasteiger partial charge < -0.3 is 14.8 Å². The molecule has 1 aliphatic rings. The van der Waals surface area contributed by atoms with E-state index in [2.05, 4.69) is 10.0 Å². The van der Waals surface area contributed by atoms with Crippen molar-refractivity contribution in [3.8, 4) is 0 Å². The molecule has 2 N–H and O–H groups in total. The van der Waals surface area contributed by atoms with Gasteiger partial charge in [-0.05, 0) is 32.9 Å². The molecule has 1 atom stereocenters. The molecule has 0 spiro atoms. The Balaban J connectivity index is 0.00000361. The van der Waals surface area contributed by atoms with Crippen LogP contribution in [0.2, 0.25) is 0 Å². The van der Waals surface area contributed by atoms with Crippen molar-refractivity contribution >= 4 is 22.4 Å². The van der Waals surface area contributed by atoms with Crippen LogP contribution in [0, 0.1) is 5.41 Å². The monoisotopic (exact) mass is 330 g/mol. The zero-order chi connectivity index (χ0) is 14.4. The van der Waals surface area contributed by atoms with Crippen LogP contribution in [0.1, 0.15) is 19.8 Å². The second-order valence-corrected chi connectivity index (χ2v) is 7.18. The number of hydrogen-bond donors (Lipinski definition) is 2. The second-order valence-electron chi connectivity index (χ2n) is 5.33. The third-order valence-corrected chi connectivity index (χ3v) is 5.13. The van der Waals surface area contributed by atoms with E-state index in [9.17, 15) is 8.42 Å². The topological polar surface area (TPSA) is 76.7 Å². The molecule has 0 aromatic carbocycles. The number of nitrogens with one attached hydrogen (secondary N) is 2.